The van der Waals surface area contributed by atoms with E-state index in [4.69, 9.17) is 0 Å². The first-order valence-electron chi connectivity index (χ1n) is 8.58. The molecule has 5 nitrogen and oxygen atoms in total. The molecule has 1 aliphatic heterocycles. The van der Waals surface area contributed by atoms with Crippen molar-refractivity contribution >= 4 is 17.3 Å². The van der Waals surface area contributed by atoms with Gasteiger partial charge in [0.1, 0.15) is 0 Å². The van der Waals surface area contributed by atoms with E-state index >= 15 is 0 Å². The van der Waals surface area contributed by atoms with E-state index in [1.54, 1.807) is 6.20 Å². The average molecular weight is 334 g/mol. The van der Waals surface area contributed by atoms with E-state index in [9.17, 15) is 4.79 Å². The monoisotopic (exact) mass is 334 g/mol. The second kappa shape index (κ2) is 5.41. The lowest BCUT2D eigenvalue weighted by Gasteiger charge is -2.26. The highest BCUT2D eigenvalue weighted by molar-refractivity contribution is 6.04. The molecule has 25 heavy (non-hydrogen) atoms. The minimum absolute atomic E-state index is 0.130. The first-order valence-corrected chi connectivity index (χ1v) is 8.58. The van der Waals surface area contributed by atoms with Gasteiger partial charge in [-0.05, 0) is 38.5 Å². The molecule has 1 atom stereocenters. The molecular formula is C20H22N4O. The Morgan fingerprint density at radius 2 is 1.96 bits per heavy atom. The number of pyridine rings is 1. The molecule has 0 bridgehead atoms. The highest BCUT2D eigenvalue weighted by Gasteiger charge is 2.51. The van der Waals surface area contributed by atoms with Gasteiger partial charge in [0.05, 0.1) is 29.3 Å². The van der Waals surface area contributed by atoms with E-state index in [2.05, 4.69) is 22.1 Å². The lowest BCUT2D eigenvalue weighted by Crippen LogP contribution is -2.31. The molecule has 5 heteroatoms. The van der Waals surface area contributed by atoms with Crippen molar-refractivity contribution in [2.45, 2.75) is 34.1 Å². The summed E-state index contributed by atoms with van der Waals surface area (Å²) in [6.07, 6.45) is 10.8. The van der Waals surface area contributed by atoms with Crippen LogP contribution in [0.1, 0.15) is 31.7 Å². The Morgan fingerprint density at radius 3 is 2.60 bits per heavy atom. The van der Waals surface area contributed by atoms with Crippen LogP contribution in [0.4, 0.5) is 5.69 Å². The first kappa shape index (κ1) is 15.8. The van der Waals surface area contributed by atoms with Crippen LogP contribution in [0.25, 0.3) is 5.70 Å². The number of rotatable bonds is 2. The largest absolute Gasteiger partial charge is 0.306 e. The molecule has 2 aromatic heterocycles. The summed E-state index contributed by atoms with van der Waals surface area (Å²) in [7, 11) is 0. The van der Waals surface area contributed by atoms with E-state index in [-0.39, 0.29) is 11.8 Å². The van der Waals surface area contributed by atoms with Crippen LogP contribution in [0.5, 0.6) is 0 Å². The second-order valence-corrected chi connectivity index (χ2v) is 7.43. The Kier molecular flexibility index (Phi) is 3.42. The minimum atomic E-state index is -0.427. The average Bonchev–Trinajstić information content (AvgIpc) is 3.10. The number of allylic oxidation sites excluding steroid dienone is 4. The van der Waals surface area contributed by atoms with Crippen LogP contribution in [-0.4, -0.2) is 20.4 Å². The minimum Gasteiger partial charge on any atom is -0.306 e. The Hall–Kier alpha value is -2.69. The normalized spacial score (nSPS) is 21.8. The first-order chi connectivity index (χ1) is 11.9. The molecule has 4 rings (SSSR count). The molecule has 0 saturated carbocycles. The number of carbonyl (C=O) groups is 1. The molecule has 1 aliphatic carbocycles. The van der Waals surface area contributed by atoms with Gasteiger partial charge in [-0.1, -0.05) is 19.9 Å². The number of hydrogen-bond acceptors (Lipinski definition) is 3. The quantitative estimate of drug-likeness (QED) is 0.841. The van der Waals surface area contributed by atoms with Crippen LogP contribution >= 0.6 is 0 Å². The summed E-state index contributed by atoms with van der Waals surface area (Å²) < 4.78 is 2.01. The fourth-order valence-electron chi connectivity index (χ4n) is 3.71. The summed E-state index contributed by atoms with van der Waals surface area (Å²) >= 11 is 0. The Labute approximate surface area is 147 Å². The number of imidazole rings is 1. The SMILES string of the molecule is Cc1ccc(N2C(=O)C(C)(C)C3CC=C(n4cnc(C)c4)C=C32)cn1. The summed E-state index contributed by atoms with van der Waals surface area (Å²) in [5, 5.41) is 0. The fraction of sp³-hybridized carbons (Fsp3) is 0.350. The van der Waals surface area contributed by atoms with Crippen LogP contribution in [0.2, 0.25) is 0 Å². The van der Waals surface area contributed by atoms with Crippen molar-refractivity contribution in [3.05, 3.63) is 60.1 Å². The molecule has 2 aromatic rings. The number of hydrogen-bond donors (Lipinski definition) is 0. The second-order valence-electron chi connectivity index (χ2n) is 7.43. The topological polar surface area (TPSA) is 51.0 Å². The summed E-state index contributed by atoms with van der Waals surface area (Å²) in [4.78, 5) is 23.7. The number of anilines is 1. The molecule has 1 saturated heterocycles. The molecule has 2 aliphatic rings. The standard InChI is InChI=1S/C20H22N4O/c1-13-5-6-16(10-21-13)24-18-9-15(23-11-14(2)22-12-23)7-8-17(18)20(3,4)19(24)25/h5-7,9-12,17H,8H2,1-4H3. The van der Waals surface area contributed by atoms with E-state index in [0.29, 0.717) is 0 Å². The highest BCUT2D eigenvalue weighted by Crippen LogP contribution is 2.49. The zero-order valence-corrected chi connectivity index (χ0v) is 15.0. The van der Waals surface area contributed by atoms with E-state index in [1.807, 2.05) is 61.8 Å². The van der Waals surface area contributed by atoms with E-state index < -0.39 is 5.41 Å². The lowest BCUT2D eigenvalue weighted by atomic mass is 9.76. The van der Waals surface area contributed by atoms with Gasteiger partial charge in [-0.15, -0.1) is 0 Å². The zero-order chi connectivity index (χ0) is 17.8. The van der Waals surface area contributed by atoms with Crippen LogP contribution in [0, 0.1) is 25.2 Å². The molecule has 0 aromatic carbocycles. The molecule has 1 fully saturated rings. The fourth-order valence-corrected chi connectivity index (χ4v) is 3.71. The zero-order valence-electron chi connectivity index (χ0n) is 15.0. The summed E-state index contributed by atoms with van der Waals surface area (Å²) in [6, 6.07) is 3.92. The Morgan fingerprint density at radius 1 is 1.16 bits per heavy atom. The molecule has 3 heterocycles. The Balaban J connectivity index is 1.80. The van der Waals surface area contributed by atoms with Crippen LogP contribution in [-0.2, 0) is 4.79 Å². The number of carbonyl (C=O) groups excluding carboxylic acids is 1. The summed E-state index contributed by atoms with van der Waals surface area (Å²) in [5.41, 5.74) is 4.43. The van der Waals surface area contributed by atoms with E-state index in [0.717, 1.165) is 34.9 Å². The third-order valence-corrected chi connectivity index (χ3v) is 5.26. The molecule has 1 unspecified atom stereocenters. The molecular weight excluding hydrogens is 312 g/mol. The maximum Gasteiger partial charge on any atom is 0.237 e. The predicted octanol–water partition coefficient (Wildman–Crippen LogP) is 3.71. The molecule has 0 N–H and O–H groups in total. The maximum absolute atomic E-state index is 13.1. The van der Waals surface area contributed by atoms with Gasteiger partial charge >= 0.3 is 0 Å². The number of nitrogens with zero attached hydrogens (tertiary/aromatic N) is 4. The molecule has 0 spiro atoms. The van der Waals surface area contributed by atoms with Crippen LogP contribution < -0.4 is 4.90 Å². The Bertz CT molecular complexity index is 902. The van der Waals surface area contributed by atoms with Crippen molar-refractivity contribution in [1.29, 1.82) is 0 Å². The molecule has 128 valence electrons. The number of amides is 1. The van der Waals surface area contributed by atoms with Gasteiger partial charge in [-0.2, -0.15) is 0 Å². The number of fused-ring (bicyclic) bond motifs is 1. The summed E-state index contributed by atoms with van der Waals surface area (Å²) in [6.45, 7) is 8.00. The van der Waals surface area contributed by atoms with Crippen molar-refractivity contribution < 1.29 is 4.79 Å². The van der Waals surface area contributed by atoms with Crippen molar-refractivity contribution in [2.24, 2.45) is 11.3 Å². The number of aryl methyl sites for hydroxylation is 2. The molecule has 1 amide bonds. The highest BCUT2D eigenvalue weighted by atomic mass is 16.2. The smallest absolute Gasteiger partial charge is 0.237 e. The van der Waals surface area contributed by atoms with Gasteiger partial charge < -0.3 is 4.57 Å². The van der Waals surface area contributed by atoms with Crippen LogP contribution in [0.3, 0.4) is 0 Å². The lowest BCUT2D eigenvalue weighted by molar-refractivity contribution is -0.125. The number of aromatic nitrogens is 3. The van der Waals surface area contributed by atoms with Gasteiger partial charge in [0.15, 0.2) is 0 Å². The van der Waals surface area contributed by atoms with Crippen molar-refractivity contribution in [3.8, 4) is 0 Å². The van der Waals surface area contributed by atoms with Crippen molar-refractivity contribution in [3.63, 3.8) is 0 Å². The van der Waals surface area contributed by atoms with Gasteiger partial charge in [-0.25, -0.2) is 4.98 Å². The molecule has 0 radical (unpaired) electrons. The van der Waals surface area contributed by atoms with Crippen LogP contribution in [0.15, 0.2) is 48.7 Å². The van der Waals surface area contributed by atoms with Gasteiger partial charge in [0.2, 0.25) is 5.91 Å². The predicted molar refractivity (Wildman–Crippen MR) is 97.7 cm³/mol. The van der Waals surface area contributed by atoms with Crippen molar-refractivity contribution in [1.82, 2.24) is 14.5 Å². The van der Waals surface area contributed by atoms with Gasteiger partial charge in [0.25, 0.3) is 0 Å². The van der Waals surface area contributed by atoms with Crippen molar-refractivity contribution in [2.75, 3.05) is 4.90 Å². The third-order valence-electron chi connectivity index (χ3n) is 5.26. The maximum atomic E-state index is 13.1. The third kappa shape index (κ3) is 2.42. The summed E-state index contributed by atoms with van der Waals surface area (Å²) in [5.74, 6) is 0.306. The van der Waals surface area contributed by atoms with Gasteiger partial charge in [0, 0.05) is 29.2 Å². The van der Waals surface area contributed by atoms with Gasteiger partial charge in [-0.3, -0.25) is 14.7 Å². The van der Waals surface area contributed by atoms with E-state index in [1.165, 1.54) is 0 Å².